The summed E-state index contributed by atoms with van der Waals surface area (Å²) in [5, 5.41) is 8.61. The van der Waals surface area contributed by atoms with Crippen LogP contribution in [0.5, 0.6) is 0 Å². The molecule has 0 saturated carbocycles. The Balaban J connectivity index is 2.09. The zero-order chi connectivity index (χ0) is 13.0. The summed E-state index contributed by atoms with van der Waals surface area (Å²) in [5.41, 5.74) is 0.379. The van der Waals surface area contributed by atoms with Crippen molar-refractivity contribution >= 4 is 16.0 Å². The maximum atomic E-state index is 12.0. The van der Waals surface area contributed by atoms with E-state index in [1.165, 1.54) is 22.6 Å². The van der Waals surface area contributed by atoms with Gasteiger partial charge in [-0.05, 0) is 12.1 Å². The first kappa shape index (κ1) is 12.8. The van der Waals surface area contributed by atoms with Gasteiger partial charge >= 0.3 is 10.2 Å². The highest BCUT2D eigenvalue weighted by Gasteiger charge is 2.24. The molecule has 2 heterocycles. The molecular formula is C10H12N4O3S. The summed E-state index contributed by atoms with van der Waals surface area (Å²) in [6.07, 6.45) is 1.32. The molecule has 7 nitrogen and oxygen atoms in total. The third-order valence-corrected chi connectivity index (χ3v) is 3.95. The molecule has 18 heavy (non-hydrogen) atoms. The van der Waals surface area contributed by atoms with Crippen LogP contribution in [0.4, 0.5) is 5.82 Å². The van der Waals surface area contributed by atoms with Crippen LogP contribution >= 0.6 is 0 Å². The Kier molecular flexibility index (Phi) is 3.76. The molecule has 1 aromatic rings. The molecule has 0 amide bonds. The number of hydrogen-bond acceptors (Lipinski definition) is 5. The second kappa shape index (κ2) is 5.30. The standard InChI is InChI=1S/C10H12N4O3S/c11-7-9-1-2-10(12-8-9)13-18(15,16)14-3-5-17-6-4-14/h1-2,8H,3-6H2,(H,12,13). The fraction of sp³-hybridized carbons (Fsp3) is 0.400. The maximum Gasteiger partial charge on any atom is 0.302 e. The first-order valence-corrected chi connectivity index (χ1v) is 6.77. The number of pyridine rings is 1. The highest BCUT2D eigenvalue weighted by molar-refractivity contribution is 7.90. The van der Waals surface area contributed by atoms with Gasteiger partial charge in [0.05, 0.1) is 18.8 Å². The van der Waals surface area contributed by atoms with Crippen LogP contribution in [0.15, 0.2) is 18.3 Å². The van der Waals surface area contributed by atoms with Gasteiger partial charge in [0, 0.05) is 19.3 Å². The fourth-order valence-electron chi connectivity index (χ4n) is 1.50. The van der Waals surface area contributed by atoms with Gasteiger partial charge in [0.25, 0.3) is 0 Å². The van der Waals surface area contributed by atoms with Gasteiger partial charge in [0.2, 0.25) is 0 Å². The number of nitriles is 1. The minimum Gasteiger partial charge on any atom is -0.379 e. The van der Waals surface area contributed by atoms with Crippen molar-refractivity contribution in [2.75, 3.05) is 31.0 Å². The lowest BCUT2D eigenvalue weighted by molar-refractivity contribution is 0.0733. The van der Waals surface area contributed by atoms with Crippen LogP contribution < -0.4 is 4.72 Å². The van der Waals surface area contributed by atoms with E-state index >= 15 is 0 Å². The van der Waals surface area contributed by atoms with E-state index in [-0.39, 0.29) is 5.82 Å². The summed E-state index contributed by atoms with van der Waals surface area (Å²) >= 11 is 0. The van der Waals surface area contributed by atoms with Gasteiger partial charge in [-0.25, -0.2) is 4.98 Å². The van der Waals surface area contributed by atoms with Gasteiger partial charge in [0.1, 0.15) is 11.9 Å². The molecule has 0 unspecified atom stereocenters. The summed E-state index contributed by atoms with van der Waals surface area (Å²) in [6, 6.07) is 4.87. The Bertz CT molecular complexity index is 543. The molecule has 1 saturated heterocycles. The average Bonchev–Trinajstić information content (AvgIpc) is 2.40. The molecule has 0 bridgehead atoms. The monoisotopic (exact) mass is 268 g/mol. The van der Waals surface area contributed by atoms with E-state index in [2.05, 4.69) is 9.71 Å². The molecule has 8 heteroatoms. The molecular weight excluding hydrogens is 256 g/mol. The first-order valence-electron chi connectivity index (χ1n) is 5.33. The van der Waals surface area contributed by atoms with Crippen molar-refractivity contribution in [2.45, 2.75) is 0 Å². The molecule has 0 spiro atoms. The second-order valence-corrected chi connectivity index (χ2v) is 5.33. The van der Waals surface area contributed by atoms with E-state index in [0.717, 1.165) is 0 Å². The Morgan fingerprint density at radius 3 is 2.67 bits per heavy atom. The zero-order valence-corrected chi connectivity index (χ0v) is 10.4. The molecule has 1 aliphatic rings. The summed E-state index contributed by atoms with van der Waals surface area (Å²) in [4.78, 5) is 3.86. The van der Waals surface area contributed by atoms with E-state index in [1.54, 1.807) is 0 Å². The van der Waals surface area contributed by atoms with E-state index in [9.17, 15) is 8.42 Å². The predicted molar refractivity (Wildman–Crippen MR) is 63.9 cm³/mol. The van der Waals surface area contributed by atoms with Crippen molar-refractivity contribution in [1.82, 2.24) is 9.29 Å². The second-order valence-electron chi connectivity index (χ2n) is 3.66. The van der Waals surface area contributed by atoms with Crippen molar-refractivity contribution in [3.8, 4) is 6.07 Å². The largest absolute Gasteiger partial charge is 0.379 e. The minimum atomic E-state index is -3.60. The Morgan fingerprint density at radius 2 is 2.11 bits per heavy atom. The van der Waals surface area contributed by atoms with Gasteiger partial charge < -0.3 is 4.74 Å². The number of hydrogen-bond donors (Lipinski definition) is 1. The minimum absolute atomic E-state index is 0.195. The predicted octanol–water partition coefficient (Wildman–Crippen LogP) is -0.0578. The van der Waals surface area contributed by atoms with E-state index in [1.807, 2.05) is 6.07 Å². The fourth-order valence-corrected chi connectivity index (χ4v) is 2.65. The lowest BCUT2D eigenvalue weighted by atomic mass is 10.3. The normalized spacial score (nSPS) is 17.1. The molecule has 96 valence electrons. The van der Waals surface area contributed by atoms with Gasteiger partial charge in [-0.15, -0.1) is 0 Å². The molecule has 0 atom stereocenters. The molecule has 2 rings (SSSR count). The van der Waals surface area contributed by atoms with Gasteiger partial charge in [0.15, 0.2) is 0 Å². The van der Waals surface area contributed by atoms with Crippen LogP contribution in [0.3, 0.4) is 0 Å². The van der Waals surface area contributed by atoms with Crippen LogP contribution in [-0.4, -0.2) is 44.0 Å². The molecule has 0 radical (unpaired) electrons. The molecule has 0 aliphatic carbocycles. The third kappa shape index (κ3) is 2.95. The summed E-state index contributed by atoms with van der Waals surface area (Å²) in [5.74, 6) is 0.195. The number of morpholine rings is 1. The number of anilines is 1. The number of ether oxygens (including phenoxy) is 1. The smallest absolute Gasteiger partial charge is 0.302 e. The van der Waals surface area contributed by atoms with Gasteiger partial charge in [-0.1, -0.05) is 0 Å². The van der Waals surface area contributed by atoms with Crippen LogP contribution in [0.25, 0.3) is 0 Å². The maximum absolute atomic E-state index is 12.0. The van der Waals surface area contributed by atoms with E-state index in [0.29, 0.717) is 31.9 Å². The number of nitrogens with zero attached hydrogens (tertiary/aromatic N) is 3. The van der Waals surface area contributed by atoms with E-state index in [4.69, 9.17) is 10.00 Å². The average molecular weight is 268 g/mol. The third-order valence-electron chi connectivity index (χ3n) is 2.44. The molecule has 1 aliphatic heterocycles. The van der Waals surface area contributed by atoms with Crippen molar-refractivity contribution in [1.29, 1.82) is 5.26 Å². The van der Waals surface area contributed by atoms with Gasteiger partial charge in [-0.2, -0.15) is 18.0 Å². The number of aromatic nitrogens is 1. The Labute approximate surface area is 105 Å². The van der Waals surface area contributed by atoms with Crippen molar-refractivity contribution < 1.29 is 13.2 Å². The Morgan fingerprint density at radius 1 is 1.39 bits per heavy atom. The van der Waals surface area contributed by atoms with Crippen LogP contribution in [0.2, 0.25) is 0 Å². The van der Waals surface area contributed by atoms with Crippen LogP contribution in [0, 0.1) is 11.3 Å². The van der Waals surface area contributed by atoms with Crippen LogP contribution in [0.1, 0.15) is 5.56 Å². The number of rotatable bonds is 3. The van der Waals surface area contributed by atoms with Crippen molar-refractivity contribution in [2.24, 2.45) is 0 Å². The lowest BCUT2D eigenvalue weighted by Crippen LogP contribution is -2.43. The zero-order valence-electron chi connectivity index (χ0n) is 9.54. The Hall–Kier alpha value is -1.69. The number of nitrogens with one attached hydrogen (secondary N) is 1. The highest BCUT2D eigenvalue weighted by Crippen LogP contribution is 2.10. The quantitative estimate of drug-likeness (QED) is 0.828. The summed E-state index contributed by atoms with van der Waals surface area (Å²) < 4.78 is 32.7. The molecule has 1 N–H and O–H groups in total. The topological polar surface area (TPSA) is 95.3 Å². The molecule has 0 aromatic carbocycles. The first-order chi connectivity index (χ1) is 8.62. The highest BCUT2D eigenvalue weighted by atomic mass is 32.2. The summed E-state index contributed by atoms with van der Waals surface area (Å²) in [7, 11) is -3.60. The summed E-state index contributed by atoms with van der Waals surface area (Å²) in [6.45, 7) is 1.43. The molecule has 1 aromatic heterocycles. The van der Waals surface area contributed by atoms with Crippen molar-refractivity contribution in [3.05, 3.63) is 23.9 Å². The SMILES string of the molecule is N#Cc1ccc(NS(=O)(=O)N2CCOCC2)nc1. The molecule has 1 fully saturated rings. The lowest BCUT2D eigenvalue weighted by Gasteiger charge is -2.26. The van der Waals surface area contributed by atoms with Crippen LogP contribution in [-0.2, 0) is 14.9 Å². The van der Waals surface area contributed by atoms with E-state index < -0.39 is 10.2 Å². The van der Waals surface area contributed by atoms with Crippen molar-refractivity contribution in [3.63, 3.8) is 0 Å². The van der Waals surface area contributed by atoms with Gasteiger partial charge in [-0.3, -0.25) is 4.72 Å².